The van der Waals surface area contributed by atoms with Crippen LogP contribution in [0.4, 0.5) is 8.78 Å². The molecule has 0 bridgehead atoms. The molecule has 49 heavy (non-hydrogen) atoms. The Morgan fingerprint density at radius 2 is 0.673 bits per heavy atom. The van der Waals surface area contributed by atoms with Crippen LogP contribution in [-0.2, 0) is 76.3 Å². The fourth-order valence-corrected chi connectivity index (χ4v) is 3.01. The summed E-state index contributed by atoms with van der Waals surface area (Å²) in [6.07, 6.45) is 2.61. The van der Waals surface area contributed by atoms with Gasteiger partial charge in [-0.25, -0.2) is 28.8 Å². The van der Waals surface area contributed by atoms with Gasteiger partial charge in [-0.15, -0.1) is 0 Å². The van der Waals surface area contributed by atoms with Crippen molar-refractivity contribution < 1.29 is 85.0 Å². The first kappa shape index (κ1) is 43.6. The molecule has 0 saturated carbocycles. The van der Waals surface area contributed by atoms with E-state index < -0.39 is 117 Å². The molecule has 0 rings (SSSR count). The molecule has 0 heterocycles. The third-order valence-electron chi connectivity index (χ3n) is 5.94. The van der Waals surface area contributed by atoms with Crippen LogP contribution in [0.15, 0.2) is 50.6 Å². The van der Waals surface area contributed by atoms with Crippen molar-refractivity contribution in [2.75, 3.05) is 52.9 Å². The summed E-state index contributed by atoms with van der Waals surface area (Å²) in [5.41, 5.74) is -3.94. The Morgan fingerprint density at radius 1 is 0.449 bits per heavy atom. The van der Waals surface area contributed by atoms with Crippen molar-refractivity contribution in [1.82, 2.24) is 0 Å². The number of ether oxygens (including phenoxy) is 8. The second-order valence-corrected chi connectivity index (χ2v) is 10.0. The van der Waals surface area contributed by atoms with Gasteiger partial charge in [0.2, 0.25) is 0 Å². The van der Waals surface area contributed by atoms with Gasteiger partial charge in [0.15, 0.2) is 0 Å². The van der Waals surface area contributed by atoms with Gasteiger partial charge < -0.3 is 37.9 Å². The van der Waals surface area contributed by atoms with Crippen LogP contribution in [0.25, 0.3) is 0 Å². The summed E-state index contributed by atoms with van der Waals surface area (Å²) in [5, 5.41) is 0. The van der Waals surface area contributed by atoms with Crippen LogP contribution in [0, 0.1) is 10.8 Å². The lowest BCUT2D eigenvalue weighted by atomic mass is 9.92. The molecule has 0 fully saturated rings. The molecule has 0 radical (unpaired) electrons. The highest BCUT2D eigenvalue weighted by molar-refractivity contribution is 6.01. The first-order valence-corrected chi connectivity index (χ1v) is 14.2. The molecule has 0 saturated heterocycles. The summed E-state index contributed by atoms with van der Waals surface area (Å²) in [6.45, 7) is 8.39. The Kier molecular flexibility index (Phi) is 19.1. The minimum atomic E-state index is -5.05. The predicted octanol–water partition coefficient (Wildman–Crippen LogP) is 1.50. The topological polar surface area (TPSA) is 210 Å². The molecule has 272 valence electrons. The van der Waals surface area contributed by atoms with Crippen LogP contribution in [0.1, 0.15) is 26.7 Å². The normalized spacial score (nSPS) is 11.0. The lowest BCUT2D eigenvalue weighted by Gasteiger charge is -2.32. The van der Waals surface area contributed by atoms with Gasteiger partial charge in [0.1, 0.15) is 63.7 Å². The SMILES string of the molecule is C=CC(=O)OCC(COC(=O)C=C)(COC(=O)C=C)COC(=O)C(F)(F)C(=O)OCC(COC(=O)C=C)(COC(=O)CC)COC(=O)CC. The number of alkyl halides is 2. The molecular weight excluding hydrogens is 666 g/mol. The number of hydrogen-bond acceptors (Lipinski definition) is 16. The number of carbonyl (C=O) groups is 8. The van der Waals surface area contributed by atoms with Crippen LogP contribution in [0.2, 0.25) is 0 Å². The molecule has 0 aromatic heterocycles. The molecule has 0 aromatic rings. The van der Waals surface area contributed by atoms with E-state index >= 15 is 8.78 Å². The average molecular weight is 705 g/mol. The van der Waals surface area contributed by atoms with Gasteiger partial charge >= 0.3 is 53.7 Å². The largest absolute Gasteiger partial charge is 0.465 e. The van der Waals surface area contributed by atoms with Crippen LogP contribution in [-0.4, -0.2) is 107 Å². The smallest absolute Gasteiger partial charge is 0.437 e. The molecule has 0 N–H and O–H groups in total. The third-order valence-corrected chi connectivity index (χ3v) is 5.94. The van der Waals surface area contributed by atoms with E-state index in [2.05, 4.69) is 35.8 Å². The number of hydrogen-bond donors (Lipinski definition) is 0. The van der Waals surface area contributed by atoms with E-state index in [1.807, 2.05) is 0 Å². The lowest BCUT2D eigenvalue weighted by molar-refractivity contribution is -0.199. The summed E-state index contributed by atoms with van der Waals surface area (Å²) in [5.74, 6) is -15.8. The van der Waals surface area contributed by atoms with E-state index in [0.717, 1.165) is 24.3 Å². The van der Waals surface area contributed by atoms with E-state index in [1.165, 1.54) is 13.8 Å². The first-order valence-electron chi connectivity index (χ1n) is 14.2. The van der Waals surface area contributed by atoms with Gasteiger partial charge in [0, 0.05) is 37.1 Å². The fourth-order valence-electron chi connectivity index (χ4n) is 3.01. The maximum absolute atomic E-state index is 15.1. The summed E-state index contributed by atoms with van der Waals surface area (Å²) in [7, 11) is 0. The van der Waals surface area contributed by atoms with Crippen molar-refractivity contribution in [3.63, 3.8) is 0 Å². The second kappa shape index (κ2) is 21.5. The van der Waals surface area contributed by atoms with Gasteiger partial charge in [-0.3, -0.25) is 9.59 Å². The number of carbonyl (C=O) groups excluding carboxylic acids is 8. The van der Waals surface area contributed by atoms with Crippen LogP contribution in [0.3, 0.4) is 0 Å². The maximum atomic E-state index is 15.1. The zero-order valence-corrected chi connectivity index (χ0v) is 27.0. The molecule has 0 aliphatic rings. The minimum Gasteiger partial charge on any atom is -0.465 e. The van der Waals surface area contributed by atoms with Crippen molar-refractivity contribution >= 4 is 47.8 Å². The Hall–Kier alpha value is -5.42. The van der Waals surface area contributed by atoms with Gasteiger partial charge in [-0.1, -0.05) is 40.2 Å². The van der Waals surface area contributed by atoms with Crippen LogP contribution < -0.4 is 0 Å². The predicted molar refractivity (Wildman–Crippen MR) is 159 cm³/mol. The van der Waals surface area contributed by atoms with Crippen molar-refractivity contribution in [3.05, 3.63) is 50.6 Å². The van der Waals surface area contributed by atoms with Crippen molar-refractivity contribution in [2.45, 2.75) is 32.6 Å². The zero-order chi connectivity index (χ0) is 37.7. The highest BCUT2D eigenvalue weighted by Crippen LogP contribution is 2.27. The Morgan fingerprint density at radius 3 is 0.898 bits per heavy atom. The van der Waals surface area contributed by atoms with Crippen molar-refractivity contribution in [3.8, 4) is 0 Å². The van der Waals surface area contributed by atoms with E-state index in [-0.39, 0.29) is 12.8 Å². The molecule has 0 spiro atoms. The summed E-state index contributed by atoms with van der Waals surface area (Å²) >= 11 is 0. The molecular formula is C31H38F2O16. The molecule has 0 amide bonds. The van der Waals surface area contributed by atoms with Gasteiger partial charge in [0.05, 0.1) is 0 Å². The fraction of sp³-hybridized carbons (Fsp3) is 0.484. The van der Waals surface area contributed by atoms with Crippen LogP contribution in [0.5, 0.6) is 0 Å². The molecule has 0 aliphatic carbocycles. The van der Waals surface area contributed by atoms with E-state index in [1.54, 1.807) is 0 Å². The number of esters is 8. The monoisotopic (exact) mass is 704 g/mol. The van der Waals surface area contributed by atoms with Gasteiger partial charge in [0.25, 0.3) is 0 Å². The Balaban J connectivity index is 6.26. The summed E-state index contributed by atoms with van der Waals surface area (Å²) in [4.78, 5) is 95.7. The molecule has 0 unspecified atom stereocenters. The minimum absolute atomic E-state index is 0.144. The quantitative estimate of drug-likeness (QED) is 0.0603. The molecule has 0 atom stereocenters. The number of halogens is 2. The lowest BCUT2D eigenvalue weighted by Crippen LogP contribution is -2.49. The first-order chi connectivity index (χ1) is 23.0. The molecule has 0 aliphatic heterocycles. The number of rotatable bonds is 24. The summed E-state index contributed by atoms with van der Waals surface area (Å²) < 4.78 is 69.1. The summed E-state index contributed by atoms with van der Waals surface area (Å²) in [6, 6.07) is 0. The van der Waals surface area contributed by atoms with Crippen molar-refractivity contribution in [1.29, 1.82) is 0 Å². The van der Waals surface area contributed by atoms with Crippen LogP contribution >= 0.6 is 0 Å². The van der Waals surface area contributed by atoms with Gasteiger partial charge in [-0.05, 0) is 0 Å². The Bertz CT molecular complexity index is 1190. The molecule has 16 nitrogen and oxygen atoms in total. The molecule has 0 aromatic carbocycles. The van der Waals surface area contributed by atoms with E-state index in [9.17, 15) is 38.4 Å². The maximum Gasteiger partial charge on any atom is 0.437 e. The van der Waals surface area contributed by atoms with E-state index in [0.29, 0.717) is 0 Å². The van der Waals surface area contributed by atoms with E-state index in [4.69, 9.17) is 28.4 Å². The average Bonchev–Trinajstić information content (AvgIpc) is 3.11. The standard InChI is InChI=1S/C31H38F2O16/c1-7-21(34)42-13-29(14-43-22(35)8-2,15-44-23(36)9-3)19-48-27(40)31(32,33)28(41)49-20-30(16-45-24(37)10-4,17-46-25(38)11-5)18-47-26(39)12-6/h7-10H,1-4,11-20H2,5-6H3. The Labute approximate surface area is 279 Å². The second-order valence-electron chi connectivity index (χ2n) is 10.0. The third kappa shape index (κ3) is 15.8. The highest BCUT2D eigenvalue weighted by atomic mass is 19.3. The molecule has 18 heteroatoms. The highest BCUT2D eigenvalue weighted by Gasteiger charge is 2.53. The zero-order valence-electron chi connectivity index (χ0n) is 27.0. The van der Waals surface area contributed by atoms with Crippen molar-refractivity contribution in [2.24, 2.45) is 10.8 Å². The van der Waals surface area contributed by atoms with Gasteiger partial charge in [-0.2, -0.15) is 8.78 Å².